The lowest BCUT2D eigenvalue weighted by Crippen LogP contribution is -2.38. The lowest BCUT2D eigenvalue weighted by molar-refractivity contribution is 0.203. The molecule has 0 unspecified atom stereocenters. The van der Waals surface area contributed by atoms with E-state index in [1.807, 2.05) is 12.1 Å². The van der Waals surface area contributed by atoms with E-state index in [1.54, 1.807) is 7.11 Å². The maximum absolute atomic E-state index is 5.72. The van der Waals surface area contributed by atoms with E-state index in [1.165, 1.54) is 0 Å². The summed E-state index contributed by atoms with van der Waals surface area (Å²) in [7, 11) is 1.69. The summed E-state index contributed by atoms with van der Waals surface area (Å²) in [5.74, 6) is 1.72. The van der Waals surface area contributed by atoms with Crippen LogP contribution in [0.2, 0.25) is 0 Å². The number of rotatable bonds is 10. The first-order valence-electron chi connectivity index (χ1n) is 8.03. The molecule has 0 radical (unpaired) electrons. The van der Waals surface area contributed by atoms with E-state index in [4.69, 9.17) is 9.47 Å². The van der Waals surface area contributed by atoms with E-state index < -0.39 is 0 Å². The number of ether oxygens (including phenoxy) is 2. The number of methoxy groups -OCH3 is 1. The molecule has 1 rings (SSSR count). The maximum Gasteiger partial charge on any atom is 0.191 e. The third-order valence-electron chi connectivity index (χ3n) is 3.03. The van der Waals surface area contributed by atoms with Gasteiger partial charge in [-0.1, -0.05) is 25.5 Å². The summed E-state index contributed by atoms with van der Waals surface area (Å²) in [6, 6.07) is 8.12. The monoisotopic (exact) mass is 307 g/mol. The molecule has 0 aliphatic heterocycles. The molecule has 2 N–H and O–H groups in total. The van der Waals surface area contributed by atoms with Crippen LogP contribution in [0.1, 0.15) is 32.3 Å². The molecular weight excluding hydrogens is 278 g/mol. The van der Waals surface area contributed by atoms with Crippen molar-refractivity contribution in [2.45, 2.75) is 33.2 Å². The second-order valence-electron chi connectivity index (χ2n) is 4.96. The van der Waals surface area contributed by atoms with Crippen molar-refractivity contribution < 1.29 is 9.47 Å². The van der Waals surface area contributed by atoms with Crippen LogP contribution in [0.25, 0.3) is 0 Å². The first-order valence-corrected chi connectivity index (χ1v) is 8.03. The molecule has 0 heterocycles. The highest BCUT2D eigenvalue weighted by Gasteiger charge is 1.99. The minimum atomic E-state index is 0.618. The molecule has 0 aliphatic rings. The molecule has 0 aromatic heterocycles. The van der Waals surface area contributed by atoms with E-state index in [0.717, 1.165) is 49.8 Å². The van der Waals surface area contributed by atoms with Gasteiger partial charge in [-0.25, -0.2) is 4.99 Å². The molecule has 0 bridgehead atoms. The molecule has 1 aromatic carbocycles. The zero-order chi connectivity index (χ0) is 16.0. The summed E-state index contributed by atoms with van der Waals surface area (Å²) in [6.07, 6.45) is 2.22. The predicted octanol–water partition coefficient (Wildman–Crippen LogP) is 2.57. The first kappa shape index (κ1) is 18.3. The van der Waals surface area contributed by atoms with Crippen LogP contribution in [-0.2, 0) is 11.3 Å². The Morgan fingerprint density at radius 2 is 2.05 bits per heavy atom. The van der Waals surface area contributed by atoms with Crippen molar-refractivity contribution in [2.75, 3.05) is 33.4 Å². The fourth-order valence-corrected chi connectivity index (χ4v) is 1.85. The number of hydrogen-bond donors (Lipinski definition) is 2. The van der Waals surface area contributed by atoms with Gasteiger partial charge in [-0.3, -0.25) is 0 Å². The second kappa shape index (κ2) is 11.9. The van der Waals surface area contributed by atoms with E-state index in [0.29, 0.717) is 13.2 Å². The van der Waals surface area contributed by atoms with Crippen molar-refractivity contribution in [3.05, 3.63) is 29.8 Å². The van der Waals surface area contributed by atoms with Crippen molar-refractivity contribution in [3.8, 4) is 5.75 Å². The molecule has 124 valence electrons. The van der Waals surface area contributed by atoms with Gasteiger partial charge in [0.05, 0.1) is 19.8 Å². The Labute approximate surface area is 134 Å². The second-order valence-corrected chi connectivity index (χ2v) is 4.96. The fraction of sp³-hybridized carbons (Fsp3) is 0.588. The van der Waals surface area contributed by atoms with Gasteiger partial charge in [0.2, 0.25) is 0 Å². The molecule has 0 saturated heterocycles. The van der Waals surface area contributed by atoms with Crippen molar-refractivity contribution in [1.82, 2.24) is 10.6 Å². The van der Waals surface area contributed by atoms with Gasteiger partial charge in [0.1, 0.15) is 5.75 Å². The van der Waals surface area contributed by atoms with Crippen molar-refractivity contribution >= 4 is 5.96 Å². The normalized spacial score (nSPS) is 11.3. The molecule has 0 atom stereocenters. The molecule has 5 nitrogen and oxygen atoms in total. The molecule has 1 aromatic rings. The Morgan fingerprint density at radius 3 is 2.77 bits per heavy atom. The zero-order valence-corrected chi connectivity index (χ0v) is 14.0. The van der Waals surface area contributed by atoms with Gasteiger partial charge in [0.15, 0.2) is 5.96 Å². The van der Waals surface area contributed by atoms with Crippen LogP contribution in [-0.4, -0.2) is 39.4 Å². The number of benzene rings is 1. The van der Waals surface area contributed by atoms with Gasteiger partial charge in [-0.2, -0.15) is 0 Å². The number of guanidine groups is 1. The van der Waals surface area contributed by atoms with Crippen LogP contribution in [0, 0.1) is 0 Å². The predicted molar refractivity (Wildman–Crippen MR) is 91.5 cm³/mol. The first-order chi connectivity index (χ1) is 10.8. The Morgan fingerprint density at radius 1 is 1.18 bits per heavy atom. The molecule has 0 spiro atoms. The molecule has 0 fully saturated rings. The molecule has 0 amide bonds. The van der Waals surface area contributed by atoms with Gasteiger partial charge in [0.25, 0.3) is 0 Å². The minimum Gasteiger partial charge on any atom is -0.494 e. The largest absolute Gasteiger partial charge is 0.494 e. The third kappa shape index (κ3) is 7.88. The van der Waals surface area contributed by atoms with Crippen LogP contribution >= 0.6 is 0 Å². The van der Waals surface area contributed by atoms with Gasteiger partial charge >= 0.3 is 0 Å². The van der Waals surface area contributed by atoms with Crippen molar-refractivity contribution in [1.29, 1.82) is 0 Å². The van der Waals surface area contributed by atoms with E-state index in [9.17, 15) is 0 Å². The molecule has 0 saturated carbocycles. The van der Waals surface area contributed by atoms with E-state index in [-0.39, 0.29) is 0 Å². The number of nitrogens with one attached hydrogen (secondary N) is 2. The number of nitrogens with zero attached hydrogens (tertiary/aromatic N) is 1. The molecule has 22 heavy (non-hydrogen) atoms. The highest BCUT2D eigenvalue weighted by molar-refractivity contribution is 5.79. The third-order valence-corrected chi connectivity index (χ3v) is 3.03. The Hall–Kier alpha value is -1.75. The number of unbranched alkanes of at least 4 members (excludes halogenated alkanes) is 1. The number of hydrogen-bond acceptors (Lipinski definition) is 3. The lowest BCUT2D eigenvalue weighted by atomic mass is 10.2. The van der Waals surface area contributed by atoms with E-state index in [2.05, 4.69) is 41.6 Å². The lowest BCUT2D eigenvalue weighted by Gasteiger charge is -2.11. The standard InChI is InChI=1S/C17H29N3O2/c1-4-6-11-22-16-9-7-8-15(13-16)14-20-17(18-5-2)19-10-12-21-3/h7-9,13H,4-6,10-12,14H2,1-3H3,(H2,18,19,20). The zero-order valence-electron chi connectivity index (χ0n) is 14.0. The van der Waals surface area contributed by atoms with Gasteiger partial charge in [-0.15, -0.1) is 0 Å². The molecule has 5 heteroatoms. The topological polar surface area (TPSA) is 54.9 Å². The van der Waals surface area contributed by atoms with Crippen molar-refractivity contribution in [3.63, 3.8) is 0 Å². The summed E-state index contributed by atoms with van der Waals surface area (Å²) < 4.78 is 10.8. The van der Waals surface area contributed by atoms with Gasteiger partial charge < -0.3 is 20.1 Å². The van der Waals surface area contributed by atoms with Crippen LogP contribution < -0.4 is 15.4 Å². The summed E-state index contributed by atoms with van der Waals surface area (Å²) >= 11 is 0. The molecular formula is C17H29N3O2. The Bertz CT molecular complexity index is 436. The van der Waals surface area contributed by atoms with Crippen LogP contribution in [0.5, 0.6) is 5.75 Å². The average molecular weight is 307 g/mol. The SMILES string of the molecule is CCCCOc1cccc(CN=C(NCC)NCCOC)c1. The Kier molecular flexibility index (Phi) is 9.87. The highest BCUT2D eigenvalue weighted by Crippen LogP contribution is 2.14. The quantitative estimate of drug-likeness (QED) is 0.396. The van der Waals surface area contributed by atoms with Gasteiger partial charge in [0, 0.05) is 20.2 Å². The average Bonchev–Trinajstić information content (AvgIpc) is 2.53. The highest BCUT2D eigenvalue weighted by atomic mass is 16.5. The van der Waals surface area contributed by atoms with Crippen LogP contribution in [0.15, 0.2) is 29.3 Å². The smallest absolute Gasteiger partial charge is 0.191 e. The summed E-state index contributed by atoms with van der Waals surface area (Å²) in [5.41, 5.74) is 1.14. The van der Waals surface area contributed by atoms with Crippen LogP contribution in [0.3, 0.4) is 0 Å². The maximum atomic E-state index is 5.72. The molecule has 0 aliphatic carbocycles. The van der Waals surface area contributed by atoms with Crippen molar-refractivity contribution in [2.24, 2.45) is 4.99 Å². The summed E-state index contributed by atoms with van der Waals surface area (Å²) in [4.78, 5) is 4.58. The van der Waals surface area contributed by atoms with Gasteiger partial charge in [-0.05, 0) is 31.0 Å². The fourth-order valence-electron chi connectivity index (χ4n) is 1.85. The summed E-state index contributed by atoms with van der Waals surface area (Å²) in [6.45, 7) is 7.83. The Balaban J connectivity index is 2.54. The number of aliphatic imine (C=N–C) groups is 1. The minimum absolute atomic E-state index is 0.618. The van der Waals surface area contributed by atoms with Crippen LogP contribution in [0.4, 0.5) is 0 Å². The van der Waals surface area contributed by atoms with E-state index >= 15 is 0 Å². The summed E-state index contributed by atoms with van der Waals surface area (Å²) in [5, 5.41) is 6.45.